The van der Waals surface area contributed by atoms with Crippen molar-refractivity contribution in [3.05, 3.63) is 47.9 Å². The third-order valence-corrected chi connectivity index (χ3v) is 2.44. The van der Waals surface area contributed by atoms with E-state index in [1.807, 2.05) is 37.3 Å². The molecule has 4 heteroatoms. The van der Waals surface area contributed by atoms with Crippen LogP contribution in [0.15, 0.2) is 36.7 Å². The van der Waals surface area contributed by atoms with E-state index < -0.39 is 0 Å². The number of benzene rings is 1. The monoisotopic (exact) mass is 229 g/mol. The van der Waals surface area contributed by atoms with E-state index in [4.69, 9.17) is 4.74 Å². The average molecular weight is 229 g/mol. The lowest BCUT2D eigenvalue weighted by molar-refractivity contribution is 0.414. The maximum atomic E-state index is 5.11. The second-order valence-electron chi connectivity index (χ2n) is 3.75. The van der Waals surface area contributed by atoms with Gasteiger partial charge in [-0.15, -0.1) is 0 Å². The molecule has 1 aromatic carbocycles. The molecule has 88 valence electrons. The fourth-order valence-electron chi connectivity index (χ4n) is 1.49. The number of hydrogen-bond acceptors (Lipinski definition) is 4. The van der Waals surface area contributed by atoms with E-state index in [0.29, 0.717) is 0 Å². The molecular formula is C13H15N3O. The van der Waals surface area contributed by atoms with Crippen LogP contribution in [0.1, 0.15) is 11.3 Å². The van der Waals surface area contributed by atoms with Gasteiger partial charge in [0.05, 0.1) is 7.11 Å². The number of aromatic nitrogens is 2. The summed E-state index contributed by atoms with van der Waals surface area (Å²) in [4.78, 5) is 8.19. The molecule has 0 spiro atoms. The lowest BCUT2D eigenvalue weighted by Gasteiger charge is -2.06. The Labute approximate surface area is 101 Å². The number of nitrogens with zero attached hydrogens (tertiary/aromatic N) is 2. The third-order valence-electron chi connectivity index (χ3n) is 2.44. The molecule has 2 rings (SSSR count). The van der Waals surface area contributed by atoms with Gasteiger partial charge < -0.3 is 10.1 Å². The van der Waals surface area contributed by atoms with Crippen LogP contribution in [0.2, 0.25) is 0 Å². The second-order valence-corrected chi connectivity index (χ2v) is 3.75. The molecule has 0 radical (unpaired) electrons. The minimum absolute atomic E-state index is 0.737. The Morgan fingerprint density at radius 1 is 1.18 bits per heavy atom. The van der Waals surface area contributed by atoms with Crippen LogP contribution in [0.3, 0.4) is 0 Å². The Morgan fingerprint density at radius 2 is 1.94 bits per heavy atom. The van der Waals surface area contributed by atoms with Crippen LogP contribution in [0.25, 0.3) is 0 Å². The molecule has 0 saturated heterocycles. The van der Waals surface area contributed by atoms with E-state index in [0.717, 1.165) is 23.8 Å². The number of ether oxygens (including phenoxy) is 1. The summed E-state index contributed by atoms with van der Waals surface area (Å²) in [5.74, 6) is 1.71. The summed E-state index contributed by atoms with van der Waals surface area (Å²) in [5.41, 5.74) is 2.14. The summed E-state index contributed by atoms with van der Waals surface area (Å²) in [7, 11) is 1.66. The number of anilines is 1. The zero-order valence-electron chi connectivity index (χ0n) is 9.97. The first-order valence-corrected chi connectivity index (χ1v) is 5.43. The maximum absolute atomic E-state index is 5.11. The first kappa shape index (κ1) is 11.4. The molecule has 2 aromatic rings. The second kappa shape index (κ2) is 5.30. The Bertz CT molecular complexity index is 482. The van der Waals surface area contributed by atoms with Gasteiger partial charge in [-0.25, -0.2) is 9.97 Å². The Balaban J connectivity index is 1.97. The van der Waals surface area contributed by atoms with Crippen molar-refractivity contribution in [2.75, 3.05) is 12.4 Å². The van der Waals surface area contributed by atoms with Crippen molar-refractivity contribution in [1.82, 2.24) is 9.97 Å². The molecule has 4 nitrogen and oxygen atoms in total. The van der Waals surface area contributed by atoms with Gasteiger partial charge in [-0.3, -0.25) is 0 Å². The molecule has 0 bridgehead atoms. The number of hydrogen-bond donors (Lipinski definition) is 1. The highest BCUT2D eigenvalue weighted by atomic mass is 16.5. The number of methoxy groups -OCH3 is 1. The largest absolute Gasteiger partial charge is 0.497 e. The Hall–Kier alpha value is -2.10. The van der Waals surface area contributed by atoms with Crippen molar-refractivity contribution < 1.29 is 4.74 Å². The van der Waals surface area contributed by atoms with Crippen LogP contribution in [-0.2, 0) is 6.54 Å². The van der Waals surface area contributed by atoms with Crippen LogP contribution in [0.5, 0.6) is 5.75 Å². The predicted molar refractivity (Wildman–Crippen MR) is 67.1 cm³/mol. The van der Waals surface area contributed by atoms with Gasteiger partial charge in [-0.05, 0) is 24.6 Å². The summed E-state index contributed by atoms with van der Waals surface area (Å²) in [5, 5.41) is 3.25. The van der Waals surface area contributed by atoms with Crippen LogP contribution < -0.4 is 10.1 Å². The molecule has 17 heavy (non-hydrogen) atoms. The van der Waals surface area contributed by atoms with E-state index in [1.165, 1.54) is 5.56 Å². The molecule has 0 fully saturated rings. The number of aryl methyl sites for hydroxylation is 1. The summed E-state index contributed by atoms with van der Waals surface area (Å²) in [6, 6.07) is 9.87. The molecule has 0 saturated carbocycles. The highest BCUT2D eigenvalue weighted by molar-refractivity contribution is 5.36. The summed E-state index contributed by atoms with van der Waals surface area (Å²) in [6.07, 6.45) is 1.56. The number of nitrogens with one attached hydrogen (secondary N) is 1. The van der Waals surface area contributed by atoms with Crippen LogP contribution in [-0.4, -0.2) is 17.1 Å². The van der Waals surface area contributed by atoms with E-state index in [2.05, 4.69) is 15.3 Å². The van der Waals surface area contributed by atoms with Crippen molar-refractivity contribution >= 4 is 5.82 Å². The molecule has 0 atom stereocenters. The molecule has 0 aliphatic carbocycles. The zero-order valence-corrected chi connectivity index (χ0v) is 9.97. The third kappa shape index (κ3) is 3.17. The van der Waals surface area contributed by atoms with Gasteiger partial charge in [0.1, 0.15) is 17.9 Å². The summed E-state index contributed by atoms with van der Waals surface area (Å²) >= 11 is 0. The SMILES string of the molecule is COc1ccc(CNc2cc(C)ncn2)cc1. The van der Waals surface area contributed by atoms with Crippen molar-refractivity contribution in [2.45, 2.75) is 13.5 Å². The quantitative estimate of drug-likeness (QED) is 0.874. The normalized spacial score (nSPS) is 10.0. The lowest BCUT2D eigenvalue weighted by Crippen LogP contribution is -2.02. The highest BCUT2D eigenvalue weighted by Crippen LogP contribution is 2.12. The minimum atomic E-state index is 0.737. The molecule has 1 heterocycles. The predicted octanol–water partition coefficient (Wildman–Crippen LogP) is 2.41. The molecular weight excluding hydrogens is 214 g/mol. The van der Waals surface area contributed by atoms with Crippen molar-refractivity contribution in [1.29, 1.82) is 0 Å². The van der Waals surface area contributed by atoms with Gasteiger partial charge in [-0.1, -0.05) is 12.1 Å². The zero-order chi connectivity index (χ0) is 12.1. The molecule has 0 aliphatic heterocycles. The molecule has 1 aromatic heterocycles. The van der Waals surface area contributed by atoms with Crippen molar-refractivity contribution in [3.63, 3.8) is 0 Å². The summed E-state index contributed by atoms with van der Waals surface area (Å²) < 4.78 is 5.11. The van der Waals surface area contributed by atoms with E-state index >= 15 is 0 Å². The maximum Gasteiger partial charge on any atom is 0.129 e. The molecule has 0 unspecified atom stereocenters. The van der Waals surface area contributed by atoms with Gasteiger partial charge in [0.25, 0.3) is 0 Å². The minimum Gasteiger partial charge on any atom is -0.497 e. The van der Waals surface area contributed by atoms with Crippen molar-refractivity contribution in [3.8, 4) is 5.75 Å². The standard InChI is InChI=1S/C13H15N3O/c1-10-7-13(16-9-15-10)14-8-11-3-5-12(17-2)6-4-11/h3-7,9H,8H2,1-2H3,(H,14,15,16). The highest BCUT2D eigenvalue weighted by Gasteiger charge is 1.97. The van der Waals surface area contributed by atoms with E-state index in [1.54, 1.807) is 13.4 Å². The summed E-state index contributed by atoms with van der Waals surface area (Å²) in [6.45, 7) is 2.68. The van der Waals surface area contributed by atoms with Crippen LogP contribution >= 0.6 is 0 Å². The van der Waals surface area contributed by atoms with E-state index in [-0.39, 0.29) is 0 Å². The lowest BCUT2D eigenvalue weighted by atomic mass is 10.2. The van der Waals surface area contributed by atoms with Crippen LogP contribution in [0.4, 0.5) is 5.82 Å². The van der Waals surface area contributed by atoms with Gasteiger partial charge in [-0.2, -0.15) is 0 Å². The van der Waals surface area contributed by atoms with Gasteiger partial charge in [0, 0.05) is 18.3 Å². The Kier molecular flexibility index (Phi) is 3.55. The van der Waals surface area contributed by atoms with Gasteiger partial charge in [0.2, 0.25) is 0 Å². The molecule has 0 amide bonds. The van der Waals surface area contributed by atoms with Crippen LogP contribution in [0, 0.1) is 6.92 Å². The van der Waals surface area contributed by atoms with Gasteiger partial charge >= 0.3 is 0 Å². The topological polar surface area (TPSA) is 47.0 Å². The first-order valence-electron chi connectivity index (χ1n) is 5.43. The number of rotatable bonds is 4. The first-order chi connectivity index (χ1) is 8.28. The molecule has 1 N–H and O–H groups in total. The Morgan fingerprint density at radius 3 is 2.59 bits per heavy atom. The van der Waals surface area contributed by atoms with E-state index in [9.17, 15) is 0 Å². The van der Waals surface area contributed by atoms with Crippen molar-refractivity contribution in [2.24, 2.45) is 0 Å². The molecule has 0 aliphatic rings. The fourth-order valence-corrected chi connectivity index (χ4v) is 1.49. The van der Waals surface area contributed by atoms with Gasteiger partial charge in [0.15, 0.2) is 0 Å². The average Bonchev–Trinajstić information content (AvgIpc) is 2.37. The fraction of sp³-hybridized carbons (Fsp3) is 0.231. The smallest absolute Gasteiger partial charge is 0.129 e.